The summed E-state index contributed by atoms with van der Waals surface area (Å²) in [5, 5.41) is 0. The van der Waals surface area contributed by atoms with Gasteiger partial charge in [-0.25, -0.2) is 0 Å². The fraction of sp³-hybridized carbons (Fsp3) is 0.533. The van der Waals surface area contributed by atoms with Gasteiger partial charge in [0.1, 0.15) is 6.04 Å². The van der Waals surface area contributed by atoms with Crippen LogP contribution in [0.5, 0.6) is 0 Å². The Labute approximate surface area is 132 Å². The molecule has 0 aliphatic heterocycles. The molecule has 0 radical (unpaired) electrons. The summed E-state index contributed by atoms with van der Waals surface area (Å²) in [5.41, 5.74) is 6.88. The van der Waals surface area contributed by atoms with Crippen molar-refractivity contribution >= 4 is 18.3 Å². The fourth-order valence-corrected chi connectivity index (χ4v) is 1.93. The van der Waals surface area contributed by atoms with Crippen molar-refractivity contribution in [1.82, 2.24) is 4.90 Å². The quantitative estimate of drug-likeness (QED) is 0.703. The van der Waals surface area contributed by atoms with E-state index in [4.69, 9.17) is 15.2 Å². The molecule has 120 valence electrons. The summed E-state index contributed by atoms with van der Waals surface area (Å²) < 4.78 is 10.1. The van der Waals surface area contributed by atoms with Crippen LogP contribution in [0.15, 0.2) is 30.3 Å². The highest BCUT2D eigenvalue weighted by molar-refractivity contribution is 5.85. The van der Waals surface area contributed by atoms with Crippen LogP contribution in [0, 0.1) is 0 Å². The van der Waals surface area contributed by atoms with Gasteiger partial charge in [-0.3, -0.25) is 4.79 Å². The third kappa shape index (κ3) is 6.91. The van der Waals surface area contributed by atoms with Gasteiger partial charge < -0.3 is 20.1 Å². The molecule has 1 rings (SSSR count). The van der Waals surface area contributed by atoms with E-state index in [-0.39, 0.29) is 18.3 Å². The SMILES string of the molecule is COCCCN(CCOC)C(=O)C(N)c1ccccc1.Cl. The van der Waals surface area contributed by atoms with Gasteiger partial charge in [-0.2, -0.15) is 0 Å². The average Bonchev–Trinajstić information content (AvgIpc) is 2.50. The predicted molar refractivity (Wildman–Crippen MR) is 85.6 cm³/mol. The molecule has 0 saturated carbocycles. The zero-order valence-corrected chi connectivity index (χ0v) is 13.5. The Morgan fingerprint density at radius 3 is 2.33 bits per heavy atom. The summed E-state index contributed by atoms with van der Waals surface area (Å²) in [6.07, 6.45) is 0.785. The van der Waals surface area contributed by atoms with Gasteiger partial charge in [0, 0.05) is 33.9 Å². The van der Waals surface area contributed by atoms with Crippen molar-refractivity contribution in [1.29, 1.82) is 0 Å². The Balaban J connectivity index is 0.00000400. The number of carbonyl (C=O) groups is 1. The zero-order chi connectivity index (χ0) is 14.8. The van der Waals surface area contributed by atoms with Crippen molar-refractivity contribution < 1.29 is 14.3 Å². The lowest BCUT2D eigenvalue weighted by Gasteiger charge is -2.25. The lowest BCUT2D eigenvalue weighted by atomic mass is 10.1. The van der Waals surface area contributed by atoms with Crippen molar-refractivity contribution in [2.75, 3.05) is 40.5 Å². The molecule has 0 bridgehead atoms. The standard InChI is InChI=1S/C15H24N2O3.ClH/c1-19-11-6-9-17(10-12-20-2)15(18)14(16)13-7-4-3-5-8-13;/h3-5,7-8,14H,6,9-12,16H2,1-2H3;1H. The van der Waals surface area contributed by atoms with Gasteiger partial charge in [-0.15, -0.1) is 12.4 Å². The van der Waals surface area contributed by atoms with Crippen LogP contribution in [0.3, 0.4) is 0 Å². The molecule has 0 spiro atoms. The van der Waals surface area contributed by atoms with Crippen molar-refractivity contribution in [3.05, 3.63) is 35.9 Å². The summed E-state index contributed by atoms with van der Waals surface area (Å²) in [6, 6.07) is 8.77. The van der Waals surface area contributed by atoms with E-state index in [0.717, 1.165) is 12.0 Å². The molecule has 21 heavy (non-hydrogen) atoms. The molecule has 0 heterocycles. The number of hydrogen-bond acceptors (Lipinski definition) is 4. The Morgan fingerprint density at radius 1 is 1.14 bits per heavy atom. The fourth-order valence-electron chi connectivity index (χ4n) is 1.93. The van der Waals surface area contributed by atoms with E-state index in [1.54, 1.807) is 19.1 Å². The van der Waals surface area contributed by atoms with E-state index in [0.29, 0.717) is 26.3 Å². The van der Waals surface area contributed by atoms with Crippen LogP contribution in [0.25, 0.3) is 0 Å². The lowest BCUT2D eigenvalue weighted by molar-refractivity contribution is -0.133. The van der Waals surface area contributed by atoms with E-state index >= 15 is 0 Å². The molecule has 1 unspecified atom stereocenters. The highest BCUT2D eigenvalue weighted by atomic mass is 35.5. The number of rotatable bonds is 9. The Morgan fingerprint density at radius 2 is 1.76 bits per heavy atom. The van der Waals surface area contributed by atoms with E-state index in [1.807, 2.05) is 30.3 Å². The van der Waals surface area contributed by atoms with Crippen LogP contribution in [0.2, 0.25) is 0 Å². The maximum atomic E-state index is 12.4. The second kappa shape index (κ2) is 11.5. The molecule has 5 nitrogen and oxygen atoms in total. The maximum absolute atomic E-state index is 12.4. The zero-order valence-electron chi connectivity index (χ0n) is 12.7. The molecule has 1 atom stereocenters. The molecule has 2 N–H and O–H groups in total. The molecular weight excluding hydrogens is 292 g/mol. The molecule has 0 fully saturated rings. The van der Waals surface area contributed by atoms with Gasteiger partial charge in [0.05, 0.1) is 6.61 Å². The van der Waals surface area contributed by atoms with E-state index < -0.39 is 6.04 Å². The summed E-state index contributed by atoms with van der Waals surface area (Å²) in [7, 11) is 3.27. The van der Waals surface area contributed by atoms with Crippen LogP contribution in [-0.2, 0) is 14.3 Å². The van der Waals surface area contributed by atoms with Crippen LogP contribution in [0.1, 0.15) is 18.0 Å². The first-order valence-electron chi connectivity index (χ1n) is 6.78. The van der Waals surface area contributed by atoms with Crippen molar-refractivity contribution in [2.45, 2.75) is 12.5 Å². The highest BCUT2D eigenvalue weighted by Crippen LogP contribution is 2.13. The molecule has 0 aliphatic rings. The molecule has 1 aromatic rings. The topological polar surface area (TPSA) is 64.8 Å². The third-order valence-corrected chi connectivity index (χ3v) is 3.08. The van der Waals surface area contributed by atoms with Crippen molar-refractivity contribution in [3.63, 3.8) is 0 Å². The number of ether oxygens (including phenoxy) is 2. The summed E-state index contributed by atoms with van der Waals surface area (Å²) in [4.78, 5) is 14.2. The van der Waals surface area contributed by atoms with Crippen LogP contribution in [0.4, 0.5) is 0 Å². The summed E-state index contributed by atoms with van der Waals surface area (Å²) in [5.74, 6) is -0.0793. The number of nitrogens with zero attached hydrogens (tertiary/aromatic N) is 1. The second-order valence-corrected chi connectivity index (χ2v) is 4.55. The highest BCUT2D eigenvalue weighted by Gasteiger charge is 2.21. The minimum Gasteiger partial charge on any atom is -0.385 e. The molecule has 1 aromatic carbocycles. The monoisotopic (exact) mass is 316 g/mol. The normalized spacial score (nSPS) is 11.6. The van der Waals surface area contributed by atoms with Crippen molar-refractivity contribution in [3.8, 4) is 0 Å². The number of benzene rings is 1. The predicted octanol–water partition coefficient (Wildman–Crippen LogP) is 1.62. The van der Waals surface area contributed by atoms with Gasteiger partial charge in [0.15, 0.2) is 0 Å². The molecule has 6 heteroatoms. The van der Waals surface area contributed by atoms with Crippen LogP contribution < -0.4 is 5.73 Å². The second-order valence-electron chi connectivity index (χ2n) is 4.55. The van der Waals surface area contributed by atoms with Gasteiger partial charge in [-0.1, -0.05) is 30.3 Å². The first kappa shape index (κ1) is 19.9. The number of amides is 1. The number of hydrogen-bond donors (Lipinski definition) is 1. The third-order valence-electron chi connectivity index (χ3n) is 3.08. The Bertz CT molecular complexity index is 390. The van der Waals surface area contributed by atoms with E-state index in [9.17, 15) is 4.79 Å². The first-order chi connectivity index (χ1) is 9.70. The van der Waals surface area contributed by atoms with Gasteiger partial charge >= 0.3 is 0 Å². The maximum Gasteiger partial charge on any atom is 0.244 e. The molecule has 1 amide bonds. The minimum absolute atomic E-state index is 0. The number of carbonyl (C=O) groups excluding carboxylic acids is 1. The van der Waals surface area contributed by atoms with Crippen LogP contribution >= 0.6 is 12.4 Å². The lowest BCUT2D eigenvalue weighted by Crippen LogP contribution is -2.41. The molecular formula is C15H25ClN2O3. The van der Waals surface area contributed by atoms with Gasteiger partial charge in [-0.05, 0) is 12.0 Å². The van der Waals surface area contributed by atoms with Crippen LogP contribution in [-0.4, -0.2) is 51.3 Å². The molecule has 0 saturated heterocycles. The van der Waals surface area contributed by atoms with Crippen molar-refractivity contribution in [2.24, 2.45) is 5.73 Å². The molecule has 0 aliphatic carbocycles. The molecule has 0 aromatic heterocycles. The number of halogens is 1. The first-order valence-corrected chi connectivity index (χ1v) is 6.78. The largest absolute Gasteiger partial charge is 0.385 e. The average molecular weight is 317 g/mol. The van der Waals surface area contributed by atoms with E-state index in [1.165, 1.54) is 0 Å². The minimum atomic E-state index is -0.629. The number of methoxy groups -OCH3 is 2. The Kier molecular flexibility index (Phi) is 10.9. The Hall–Kier alpha value is -1.14. The smallest absolute Gasteiger partial charge is 0.244 e. The summed E-state index contributed by atoms with van der Waals surface area (Å²) in [6.45, 7) is 2.29. The van der Waals surface area contributed by atoms with Gasteiger partial charge in [0.2, 0.25) is 5.91 Å². The number of nitrogens with two attached hydrogens (primary N) is 1. The van der Waals surface area contributed by atoms with Gasteiger partial charge in [0.25, 0.3) is 0 Å². The van der Waals surface area contributed by atoms with E-state index in [2.05, 4.69) is 0 Å². The summed E-state index contributed by atoms with van der Waals surface area (Å²) >= 11 is 0.